The molecule has 0 bridgehead atoms. The van der Waals surface area contributed by atoms with Gasteiger partial charge in [0.25, 0.3) is 11.1 Å². The van der Waals surface area contributed by atoms with E-state index in [1.54, 1.807) is 25.3 Å². The zero-order valence-electron chi connectivity index (χ0n) is 13.9. The molecule has 134 valence electrons. The summed E-state index contributed by atoms with van der Waals surface area (Å²) in [5.74, 6) is -0.0936. The normalized spacial score (nSPS) is 15.6. The molecule has 3 rings (SSSR count). The Kier molecular flexibility index (Phi) is 5.75. The van der Waals surface area contributed by atoms with E-state index in [0.717, 1.165) is 32.9 Å². The van der Waals surface area contributed by atoms with Crippen LogP contribution in [-0.4, -0.2) is 35.6 Å². The first-order valence-electron chi connectivity index (χ1n) is 7.75. The van der Waals surface area contributed by atoms with Gasteiger partial charge in [-0.1, -0.05) is 18.2 Å². The number of hydrogen-bond donors (Lipinski definition) is 1. The van der Waals surface area contributed by atoms with Gasteiger partial charge in [0.1, 0.15) is 12.3 Å². The molecule has 1 fully saturated rings. The van der Waals surface area contributed by atoms with E-state index in [4.69, 9.17) is 4.74 Å². The number of ether oxygens (including phenoxy) is 1. The van der Waals surface area contributed by atoms with Crippen LogP contribution in [-0.2, 0) is 16.1 Å². The van der Waals surface area contributed by atoms with Gasteiger partial charge < -0.3 is 10.1 Å². The van der Waals surface area contributed by atoms with E-state index < -0.39 is 11.1 Å². The van der Waals surface area contributed by atoms with Gasteiger partial charge in [-0.05, 0) is 47.0 Å². The molecule has 26 heavy (non-hydrogen) atoms. The maximum atomic E-state index is 12.3. The zero-order chi connectivity index (χ0) is 18.5. The Bertz CT molecular complexity index is 845. The van der Waals surface area contributed by atoms with Crippen LogP contribution < -0.4 is 10.1 Å². The number of hydrogen-bond acceptors (Lipinski definition) is 6. The molecule has 0 atom stereocenters. The predicted molar refractivity (Wildman–Crippen MR) is 102 cm³/mol. The van der Waals surface area contributed by atoms with Gasteiger partial charge in [-0.3, -0.25) is 19.3 Å². The number of rotatable bonds is 6. The van der Waals surface area contributed by atoms with Gasteiger partial charge in [0.2, 0.25) is 5.91 Å². The smallest absolute Gasteiger partial charge is 0.294 e. The van der Waals surface area contributed by atoms with E-state index in [0.29, 0.717) is 11.4 Å². The SMILES string of the molecule is COc1ccc(CNC(=O)CN2C(=O)S/C(=C\c3cccs3)C2=O)cc1. The molecule has 6 nitrogen and oxygen atoms in total. The Labute approximate surface area is 158 Å². The molecule has 3 amide bonds. The van der Waals surface area contributed by atoms with Crippen LogP contribution in [0.15, 0.2) is 46.7 Å². The molecule has 2 aromatic rings. The first-order valence-corrected chi connectivity index (χ1v) is 9.45. The molecule has 1 aromatic heterocycles. The first kappa shape index (κ1) is 18.2. The molecular formula is C18H16N2O4S2. The lowest BCUT2D eigenvalue weighted by Gasteiger charge is -2.12. The van der Waals surface area contributed by atoms with Crippen molar-refractivity contribution in [3.05, 3.63) is 57.1 Å². The highest BCUT2D eigenvalue weighted by atomic mass is 32.2. The fraction of sp³-hybridized carbons (Fsp3) is 0.167. The highest BCUT2D eigenvalue weighted by molar-refractivity contribution is 8.18. The van der Waals surface area contributed by atoms with Gasteiger partial charge in [-0.15, -0.1) is 11.3 Å². The second-order valence-electron chi connectivity index (χ2n) is 5.41. The number of amides is 3. The molecule has 2 heterocycles. The standard InChI is InChI=1S/C18H16N2O4S2/c1-24-13-6-4-12(5-7-13)10-19-16(21)11-20-17(22)15(26-18(20)23)9-14-3-2-8-25-14/h2-9H,10-11H2,1H3,(H,19,21)/b15-9-. The summed E-state index contributed by atoms with van der Waals surface area (Å²) in [4.78, 5) is 38.7. The van der Waals surface area contributed by atoms with E-state index in [2.05, 4.69) is 5.32 Å². The molecule has 8 heteroatoms. The van der Waals surface area contributed by atoms with Gasteiger partial charge in [0, 0.05) is 11.4 Å². The summed E-state index contributed by atoms with van der Waals surface area (Å²) in [7, 11) is 1.58. The third-order valence-electron chi connectivity index (χ3n) is 3.64. The molecule has 0 aliphatic carbocycles. The molecule has 1 aromatic carbocycles. The average molecular weight is 388 g/mol. The lowest BCUT2D eigenvalue weighted by molar-refractivity contribution is -0.129. The summed E-state index contributed by atoms with van der Waals surface area (Å²) in [6.07, 6.45) is 1.67. The van der Waals surface area contributed by atoms with Crippen LogP contribution in [0.5, 0.6) is 5.75 Å². The van der Waals surface area contributed by atoms with Crippen molar-refractivity contribution in [2.24, 2.45) is 0 Å². The number of carbonyl (C=O) groups is 3. The highest BCUT2D eigenvalue weighted by Crippen LogP contribution is 2.32. The Hall–Kier alpha value is -2.58. The topological polar surface area (TPSA) is 75.7 Å². The number of methoxy groups -OCH3 is 1. The molecule has 1 aliphatic rings. The fourth-order valence-corrected chi connectivity index (χ4v) is 3.84. The van der Waals surface area contributed by atoms with Crippen molar-refractivity contribution in [2.45, 2.75) is 6.54 Å². The van der Waals surface area contributed by atoms with Crippen LogP contribution in [0.1, 0.15) is 10.4 Å². The van der Waals surface area contributed by atoms with Gasteiger partial charge >= 0.3 is 0 Å². The van der Waals surface area contributed by atoms with Crippen molar-refractivity contribution < 1.29 is 19.1 Å². The van der Waals surface area contributed by atoms with E-state index >= 15 is 0 Å². The number of benzene rings is 1. The first-order chi connectivity index (χ1) is 12.6. The van der Waals surface area contributed by atoms with E-state index in [-0.39, 0.29) is 12.5 Å². The summed E-state index contributed by atoms with van der Waals surface area (Å²) in [5, 5.41) is 4.17. The minimum Gasteiger partial charge on any atom is -0.497 e. The maximum Gasteiger partial charge on any atom is 0.294 e. The van der Waals surface area contributed by atoms with Crippen LogP contribution in [0.4, 0.5) is 4.79 Å². The van der Waals surface area contributed by atoms with Crippen LogP contribution in [0.3, 0.4) is 0 Å². The summed E-state index contributed by atoms with van der Waals surface area (Å²) in [5.41, 5.74) is 0.894. The number of thioether (sulfide) groups is 1. The number of nitrogens with zero attached hydrogens (tertiary/aromatic N) is 1. The van der Waals surface area contributed by atoms with Crippen LogP contribution in [0.2, 0.25) is 0 Å². The van der Waals surface area contributed by atoms with E-state index in [1.165, 1.54) is 11.3 Å². The molecular weight excluding hydrogens is 372 g/mol. The Morgan fingerprint density at radius 1 is 1.23 bits per heavy atom. The van der Waals surface area contributed by atoms with Crippen molar-refractivity contribution in [3.63, 3.8) is 0 Å². The molecule has 0 radical (unpaired) electrons. The van der Waals surface area contributed by atoms with Crippen molar-refractivity contribution in [3.8, 4) is 5.75 Å². The highest BCUT2D eigenvalue weighted by Gasteiger charge is 2.36. The quantitative estimate of drug-likeness (QED) is 0.770. The summed E-state index contributed by atoms with van der Waals surface area (Å²) >= 11 is 2.33. The summed E-state index contributed by atoms with van der Waals surface area (Å²) in [6, 6.07) is 11.0. The van der Waals surface area contributed by atoms with Gasteiger partial charge in [-0.25, -0.2) is 0 Å². The molecule has 0 spiro atoms. The second-order valence-corrected chi connectivity index (χ2v) is 7.38. The minimum absolute atomic E-state index is 0.289. The average Bonchev–Trinajstić information content (AvgIpc) is 3.25. The third kappa shape index (κ3) is 4.33. The van der Waals surface area contributed by atoms with Crippen molar-refractivity contribution in [1.29, 1.82) is 0 Å². The largest absolute Gasteiger partial charge is 0.497 e. The van der Waals surface area contributed by atoms with Gasteiger partial charge in [0.15, 0.2) is 0 Å². The molecule has 0 unspecified atom stereocenters. The molecule has 1 N–H and O–H groups in total. The number of carbonyl (C=O) groups excluding carboxylic acids is 3. The van der Waals surface area contributed by atoms with Gasteiger partial charge in [-0.2, -0.15) is 0 Å². The van der Waals surface area contributed by atoms with Crippen molar-refractivity contribution in [1.82, 2.24) is 10.2 Å². The lowest BCUT2D eigenvalue weighted by Crippen LogP contribution is -2.39. The van der Waals surface area contributed by atoms with Crippen LogP contribution in [0.25, 0.3) is 6.08 Å². The molecule has 1 saturated heterocycles. The van der Waals surface area contributed by atoms with Crippen molar-refractivity contribution in [2.75, 3.05) is 13.7 Å². The summed E-state index contributed by atoms with van der Waals surface area (Å²) < 4.78 is 5.08. The Morgan fingerprint density at radius 2 is 2.00 bits per heavy atom. The minimum atomic E-state index is -0.437. The number of nitrogens with one attached hydrogen (secondary N) is 1. The van der Waals surface area contributed by atoms with Crippen LogP contribution in [0, 0.1) is 0 Å². The molecule has 0 saturated carbocycles. The number of imide groups is 1. The lowest BCUT2D eigenvalue weighted by atomic mass is 10.2. The maximum absolute atomic E-state index is 12.3. The van der Waals surface area contributed by atoms with E-state index in [9.17, 15) is 14.4 Å². The number of thiophene rings is 1. The van der Waals surface area contributed by atoms with Gasteiger partial charge in [0.05, 0.1) is 12.0 Å². The predicted octanol–water partition coefficient (Wildman–Crippen LogP) is 3.11. The Morgan fingerprint density at radius 3 is 2.65 bits per heavy atom. The van der Waals surface area contributed by atoms with Crippen LogP contribution >= 0.6 is 23.1 Å². The molecule has 1 aliphatic heterocycles. The fourth-order valence-electron chi connectivity index (χ4n) is 2.28. The third-order valence-corrected chi connectivity index (χ3v) is 5.37. The summed E-state index contributed by atoms with van der Waals surface area (Å²) in [6.45, 7) is 0.0205. The zero-order valence-corrected chi connectivity index (χ0v) is 15.6. The monoisotopic (exact) mass is 388 g/mol. The van der Waals surface area contributed by atoms with Crippen molar-refractivity contribution >= 4 is 46.2 Å². The Balaban J connectivity index is 1.56. The van der Waals surface area contributed by atoms with E-state index in [1.807, 2.05) is 29.6 Å². The second kappa shape index (κ2) is 8.20.